The van der Waals surface area contributed by atoms with E-state index in [4.69, 9.17) is 9.47 Å². The second-order valence-electron chi connectivity index (χ2n) is 7.11. The summed E-state index contributed by atoms with van der Waals surface area (Å²) in [6.07, 6.45) is 3.39. The molecular formula is C22H26N2O5. The molecule has 7 nitrogen and oxygen atoms in total. The maximum absolute atomic E-state index is 12.5. The van der Waals surface area contributed by atoms with Gasteiger partial charge in [-0.25, -0.2) is 9.59 Å². The smallest absolute Gasteiger partial charge is 0.355 e. The van der Waals surface area contributed by atoms with Gasteiger partial charge in [-0.05, 0) is 49.3 Å². The number of hydrogen-bond acceptors (Lipinski definition) is 5. The highest BCUT2D eigenvalue weighted by molar-refractivity contribution is 5.99. The summed E-state index contributed by atoms with van der Waals surface area (Å²) in [6.45, 7) is 3.13. The van der Waals surface area contributed by atoms with E-state index in [-0.39, 0.29) is 24.2 Å². The van der Waals surface area contributed by atoms with E-state index >= 15 is 0 Å². The molecule has 0 aliphatic heterocycles. The van der Waals surface area contributed by atoms with Crippen LogP contribution < -0.4 is 5.32 Å². The number of hydrogen-bond donors (Lipinski definition) is 2. The molecule has 1 unspecified atom stereocenters. The van der Waals surface area contributed by atoms with Crippen molar-refractivity contribution in [3.63, 3.8) is 0 Å². The minimum atomic E-state index is -0.674. The summed E-state index contributed by atoms with van der Waals surface area (Å²) in [5.74, 6) is -1.54. The van der Waals surface area contributed by atoms with Crippen molar-refractivity contribution in [3.8, 4) is 0 Å². The number of fused-ring (bicyclic) bond motifs is 1. The van der Waals surface area contributed by atoms with Crippen molar-refractivity contribution in [2.24, 2.45) is 0 Å². The molecule has 0 spiro atoms. The first kappa shape index (κ1) is 20.6. The van der Waals surface area contributed by atoms with Crippen molar-refractivity contribution in [1.29, 1.82) is 0 Å². The van der Waals surface area contributed by atoms with E-state index < -0.39 is 11.9 Å². The third-order valence-electron chi connectivity index (χ3n) is 5.31. The van der Waals surface area contributed by atoms with E-state index in [2.05, 4.69) is 16.4 Å². The molecule has 1 amide bonds. The number of rotatable bonds is 6. The lowest BCUT2D eigenvalue weighted by Crippen LogP contribution is -2.34. The molecule has 29 heavy (non-hydrogen) atoms. The van der Waals surface area contributed by atoms with E-state index in [0.717, 1.165) is 24.8 Å². The number of carbonyl (C=O) groups is 3. The minimum absolute atomic E-state index is 0.0732. The van der Waals surface area contributed by atoms with E-state index in [0.29, 0.717) is 23.2 Å². The molecule has 2 aromatic rings. The summed E-state index contributed by atoms with van der Waals surface area (Å²) in [7, 11) is 1.29. The monoisotopic (exact) mass is 398 g/mol. The SMILES string of the molecule is CCc1[nH]c(C(=O)OCC(=O)NC2CCCc3ccccc32)c(C)c1C(=O)OC. The first-order valence-corrected chi connectivity index (χ1v) is 9.80. The summed E-state index contributed by atoms with van der Waals surface area (Å²) in [5, 5.41) is 2.95. The Hall–Kier alpha value is -3.09. The van der Waals surface area contributed by atoms with Crippen molar-refractivity contribution in [1.82, 2.24) is 10.3 Å². The Bertz CT molecular complexity index is 931. The highest BCUT2D eigenvalue weighted by Gasteiger charge is 2.26. The molecule has 1 aliphatic rings. The Kier molecular flexibility index (Phi) is 6.36. The van der Waals surface area contributed by atoms with Crippen LogP contribution in [0.25, 0.3) is 0 Å². The molecule has 1 atom stereocenters. The largest absolute Gasteiger partial charge is 0.465 e. The van der Waals surface area contributed by atoms with Crippen LogP contribution in [0.1, 0.15) is 69.0 Å². The van der Waals surface area contributed by atoms with Crippen LogP contribution in [0.15, 0.2) is 24.3 Å². The zero-order valence-electron chi connectivity index (χ0n) is 17.0. The Labute approximate surface area is 169 Å². The molecule has 1 aliphatic carbocycles. The van der Waals surface area contributed by atoms with Crippen LogP contribution in [0, 0.1) is 6.92 Å². The van der Waals surface area contributed by atoms with Crippen molar-refractivity contribution in [2.45, 2.75) is 45.6 Å². The zero-order valence-corrected chi connectivity index (χ0v) is 17.0. The Morgan fingerprint density at radius 2 is 1.97 bits per heavy atom. The lowest BCUT2D eigenvalue weighted by molar-refractivity contribution is -0.125. The Balaban J connectivity index is 1.64. The van der Waals surface area contributed by atoms with Crippen molar-refractivity contribution >= 4 is 17.8 Å². The second kappa shape index (κ2) is 8.94. The van der Waals surface area contributed by atoms with Crippen molar-refractivity contribution in [2.75, 3.05) is 13.7 Å². The number of benzene rings is 1. The number of H-pyrrole nitrogens is 1. The Morgan fingerprint density at radius 1 is 1.21 bits per heavy atom. The highest BCUT2D eigenvalue weighted by Crippen LogP contribution is 2.29. The summed E-state index contributed by atoms with van der Waals surface area (Å²) >= 11 is 0. The predicted octanol–water partition coefficient (Wildman–Crippen LogP) is 3.02. The van der Waals surface area contributed by atoms with Gasteiger partial charge in [0.05, 0.1) is 18.7 Å². The van der Waals surface area contributed by atoms with E-state index in [9.17, 15) is 14.4 Å². The fourth-order valence-corrected chi connectivity index (χ4v) is 3.85. The molecule has 0 saturated heterocycles. The van der Waals surface area contributed by atoms with E-state index in [1.165, 1.54) is 12.7 Å². The first-order chi connectivity index (χ1) is 14.0. The fourth-order valence-electron chi connectivity index (χ4n) is 3.85. The van der Waals surface area contributed by atoms with E-state index in [1.807, 2.05) is 25.1 Å². The van der Waals surface area contributed by atoms with Gasteiger partial charge in [-0.2, -0.15) is 0 Å². The van der Waals surface area contributed by atoms with Gasteiger partial charge in [0.25, 0.3) is 5.91 Å². The second-order valence-corrected chi connectivity index (χ2v) is 7.11. The van der Waals surface area contributed by atoms with Gasteiger partial charge in [0.1, 0.15) is 5.69 Å². The maximum Gasteiger partial charge on any atom is 0.355 e. The molecular weight excluding hydrogens is 372 g/mol. The van der Waals surface area contributed by atoms with Gasteiger partial charge in [-0.3, -0.25) is 4.79 Å². The molecule has 3 rings (SSSR count). The van der Waals surface area contributed by atoms with Crippen LogP contribution in [-0.2, 0) is 27.1 Å². The lowest BCUT2D eigenvalue weighted by atomic mass is 9.88. The average Bonchev–Trinajstić information content (AvgIpc) is 3.08. The van der Waals surface area contributed by atoms with Gasteiger partial charge in [0.15, 0.2) is 6.61 Å². The third-order valence-corrected chi connectivity index (χ3v) is 5.31. The van der Waals surface area contributed by atoms with Crippen LogP contribution in [0.3, 0.4) is 0 Å². The van der Waals surface area contributed by atoms with Crippen LogP contribution in [0.5, 0.6) is 0 Å². The number of nitrogens with one attached hydrogen (secondary N) is 2. The van der Waals surface area contributed by atoms with Crippen molar-refractivity contribution < 1.29 is 23.9 Å². The summed E-state index contributed by atoms with van der Waals surface area (Å²) in [6, 6.07) is 7.98. The number of carbonyl (C=O) groups excluding carboxylic acids is 3. The van der Waals surface area contributed by atoms with Gasteiger partial charge >= 0.3 is 11.9 Å². The molecule has 1 heterocycles. The standard InChI is InChI=1S/C22H26N2O5/c1-4-16-19(21(26)28-3)13(2)20(24-16)22(27)29-12-18(25)23-17-11-7-9-14-8-5-6-10-15(14)17/h5-6,8,10,17,24H,4,7,9,11-12H2,1-3H3,(H,23,25). The van der Waals surface area contributed by atoms with Gasteiger partial charge in [-0.15, -0.1) is 0 Å². The average molecular weight is 398 g/mol. The molecule has 2 N–H and O–H groups in total. The number of amides is 1. The molecule has 7 heteroatoms. The van der Waals surface area contributed by atoms with Gasteiger partial charge in [-0.1, -0.05) is 31.2 Å². The zero-order chi connectivity index (χ0) is 21.0. The minimum Gasteiger partial charge on any atom is -0.465 e. The molecule has 0 saturated carbocycles. The number of esters is 2. The van der Waals surface area contributed by atoms with Crippen LogP contribution in [0.4, 0.5) is 0 Å². The predicted molar refractivity (Wildman–Crippen MR) is 107 cm³/mol. The molecule has 154 valence electrons. The van der Waals surface area contributed by atoms with Gasteiger partial charge < -0.3 is 19.8 Å². The maximum atomic E-state index is 12.5. The quantitative estimate of drug-likeness (QED) is 0.729. The van der Waals surface area contributed by atoms with Crippen LogP contribution in [-0.4, -0.2) is 36.5 Å². The topological polar surface area (TPSA) is 97.5 Å². The van der Waals surface area contributed by atoms with Crippen LogP contribution in [0.2, 0.25) is 0 Å². The third kappa shape index (κ3) is 4.34. The molecule has 0 fully saturated rings. The number of aromatic amines is 1. The van der Waals surface area contributed by atoms with Gasteiger partial charge in [0.2, 0.25) is 0 Å². The molecule has 0 bridgehead atoms. The summed E-state index contributed by atoms with van der Waals surface area (Å²) < 4.78 is 9.98. The number of methoxy groups -OCH3 is 1. The molecule has 1 aromatic heterocycles. The first-order valence-electron chi connectivity index (χ1n) is 9.80. The number of aryl methyl sites for hydroxylation is 2. The fraction of sp³-hybridized carbons (Fsp3) is 0.409. The highest BCUT2D eigenvalue weighted by atomic mass is 16.5. The molecule has 0 radical (unpaired) electrons. The summed E-state index contributed by atoms with van der Waals surface area (Å²) in [4.78, 5) is 39.7. The number of aromatic nitrogens is 1. The normalized spacial score (nSPS) is 15.3. The van der Waals surface area contributed by atoms with Gasteiger partial charge in [0, 0.05) is 5.69 Å². The van der Waals surface area contributed by atoms with Crippen LogP contribution >= 0.6 is 0 Å². The van der Waals surface area contributed by atoms with E-state index in [1.54, 1.807) is 6.92 Å². The number of ether oxygens (including phenoxy) is 2. The van der Waals surface area contributed by atoms with Crippen molar-refractivity contribution in [3.05, 3.63) is 57.9 Å². The lowest BCUT2D eigenvalue weighted by Gasteiger charge is -2.26. The molecule has 1 aromatic carbocycles. The Morgan fingerprint density at radius 3 is 2.69 bits per heavy atom. The summed E-state index contributed by atoms with van der Waals surface area (Å²) in [5.41, 5.74) is 3.92.